The summed E-state index contributed by atoms with van der Waals surface area (Å²) in [4.78, 5) is 4.95. The Morgan fingerprint density at radius 2 is 1.65 bits per heavy atom. The molecule has 2 heterocycles. The van der Waals surface area contributed by atoms with Crippen molar-refractivity contribution >= 4 is 16.6 Å². The zero-order valence-electron chi connectivity index (χ0n) is 13.5. The van der Waals surface area contributed by atoms with Gasteiger partial charge in [-0.2, -0.15) is 5.10 Å². The molecule has 0 saturated carbocycles. The predicted octanol–water partition coefficient (Wildman–Crippen LogP) is 3.12. The molecule has 1 fully saturated rings. The molecule has 4 heteroatoms. The minimum Gasteiger partial charge on any atom is -0.369 e. The van der Waals surface area contributed by atoms with Crippen LogP contribution in [0, 0.1) is 6.92 Å². The predicted molar refractivity (Wildman–Crippen MR) is 94.7 cm³/mol. The second kappa shape index (κ2) is 6.05. The van der Waals surface area contributed by atoms with Gasteiger partial charge in [-0.15, -0.1) is 0 Å². The Morgan fingerprint density at radius 3 is 2.43 bits per heavy atom. The molecule has 1 aliphatic heterocycles. The second-order valence-electron chi connectivity index (χ2n) is 6.28. The zero-order chi connectivity index (χ0) is 15.6. The molecule has 1 saturated heterocycles. The summed E-state index contributed by atoms with van der Waals surface area (Å²) in [5.74, 6) is 0. The average molecular weight is 306 g/mol. The van der Waals surface area contributed by atoms with Crippen molar-refractivity contribution in [2.24, 2.45) is 0 Å². The second-order valence-corrected chi connectivity index (χ2v) is 6.28. The van der Waals surface area contributed by atoms with E-state index in [0.29, 0.717) is 0 Å². The molecule has 1 aliphatic rings. The van der Waals surface area contributed by atoms with Gasteiger partial charge in [-0.25, -0.2) is 0 Å². The van der Waals surface area contributed by atoms with E-state index in [0.717, 1.165) is 32.8 Å². The summed E-state index contributed by atoms with van der Waals surface area (Å²) in [6.45, 7) is 7.29. The van der Waals surface area contributed by atoms with Gasteiger partial charge in [0.1, 0.15) is 0 Å². The van der Waals surface area contributed by atoms with Crippen LogP contribution in [0.4, 0.5) is 5.69 Å². The molecule has 4 rings (SSSR count). The summed E-state index contributed by atoms with van der Waals surface area (Å²) < 4.78 is 2.11. The van der Waals surface area contributed by atoms with Gasteiger partial charge < -0.3 is 4.90 Å². The van der Waals surface area contributed by atoms with Crippen molar-refractivity contribution < 1.29 is 0 Å². The van der Waals surface area contributed by atoms with Gasteiger partial charge in [0.25, 0.3) is 0 Å². The van der Waals surface area contributed by atoms with E-state index in [2.05, 4.69) is 75.0 Å². The van der Waals surface area contributed by atoms with Crippen molar-refractivity contribution in [2.75, 3.05) is 31.1 Å². The highest BCUT2D eigenvalue weighted by atomic mass is 15.4. The average Bonchev–Trinajstić information content (AvgIpc) is 3.00. The van der Waals surface area contributed by atoms with Gasteiger partial charge in [-0.1, -0.05) is 35.9 Å². The molecular weight excluding hydrogens is 284 g/mol. The molecule has 2 aromatic carbocycles. The Morgan fingerprint density at radius 1 is 0.913 bits per heavy atom. The van der Waals surface area contributed by atoms with Crippen molar-refractivity contribution in [3.8, 4) is 0 Å². The highest BCUT2D eigenvalue weighted by Gasteiger charge is 2.18. The van der Waals surface area contributed by atoms with E-state index < -0.39 is 0 Å². The van der Waals surface area contributed by atoms with Crippen LogP contribution in [0.1, 0.15) is 5.56 Å². The van der Waals surface area contributed by atoms with Crippen molar-refractivity contribution in [2.45, 2.75) is 13.6 Å². The normalized spacial score (nSPS) is 16.1. The summed E-state index contributed by atoms with van der Waals surface area (Å²) in [6, 6.07) is 17.2. The Labute approximate surface area is 136 Å². The van der Waals surface area contributed by atoms with Gasteiger partial charge in [0.15, 0.2) is 0 Å². The minimum atomic E-state index is 0.870. The summed E-state index contributed by atoms with van der Waals surface area (Å²) in [6.07, 6.45) is 1.96. The Hall–Kier alpha value is -2.33. The lowest BCUT2D eigenvalue weighted by Crippen LogP contribution is -2.46. The number of benzene rings is 2. The molecule has 0 N–H and O–H groups in total. The number of hydrogen-bond acceptors (Lipinski definition) is 3. The highest BCUT2D eigenvalue weighted by Crippen LogP contribution is 2.18. The molecule has 0 aliphatic carbocycles. The molecule has 0 spiro atoms. The van der Waals surface area contributed by atoms with Crippen LogP contribution in [0.3, 0.4) is 0 Å². The summed E-state index contributed by atoms with van der Waals surface area (Å²) >= 11 is 0. The first-order chi connectivity index (χ1) is 11.3. The molecule has 0 atom stereocenters. The van der Waals surface area contributed by atoms with E-state index in [1.54, 1.807) is 0 Å². The van der Waals surface area contributed by atoms with Gasteiger partial charge in [0.05, 0.1) is 18.4 Å². The van der Waals surface area contributed by atoms with Crippen LogP contribution in [0.2, 0.25) is 0 Å². The maximum Gasteiger partial charge on any atom is 0.0937 e. The molecule has 23 heavy (non-hydrogen) atoms. The maximum absolute atomic E-state index is 4.54. The van der Waals surface area contributed by atoms with Crippen LogP contribution in [-0.2, 0) is 6.67 Å². The van der Waals surface area contributed by atoms with Crippen LogP contribution in [0.5, 0.6) is 0 Å². The van der Waals surface area contributed by atoms with Gasteiger partial charge >= 0.3 is 0 Å². The smallest absolute Gasteiger partial charge is 0.0937 e. The number of anilines is 1. The number of piperazine rings is 1. The van der Waals surface area contributed by atoms with Crippen molar-refractivity contribution in [3.05, 3.63) is 60.3 Å². The molecule has 1 aromatic heterocycles. The van der Waals surface area contributed by atoms with Crippen molar-refractivity contribution in [1.82, 2.24) is 14.7 Å². The lowest BCUT2D eigenvalue weighted by atomic mass is 10.2. The van der Waals surface area contributed by atoms with E-state index in [1.165, 1.54) is 22.2 Å². The third kappa shape index (κ3) is 2.94. The lowest BCUT2D eigenvalue weighted by molar-refractivity contribution is 0.199. The maximum atomic E-state index is 4.54. The molecule has 118 valence electrons. The Balaban J connectivity index is 1.41. The number of hydrogen-bond donors (Lipinski definition) is 0. The van der Waals surface area contributed by atoms with E-state index in [4.69, 9.17) is 0 Å². The summed E-state index contributed by atoms with van der Waals surface area (Å²) in [5.41, 5.74) is 3.87. The van der Waals surface area contributed by atoms with Gasteiger partial charge in [-0.05, 0) is 25.1 Å². The van der Waals surface area contributed by atoms with Crippen molar-refractivity contribution in [1.29, 1.82) is 0 Å². The van der Waals surface area contributed by atoms with E-state index in [9.17, 15) is 0 Å². The fourth-order valence-electron chi connectivity index (χ4n) is 3.23. The largest absolute Gasteiger partial charge is 0.369 e. The first-order valence-corrected chi connectivity index (χ1v) is 8.24. The number of nitrogens with zero attached hydrogens (tertiary/aromatic N) is 4. The van der Waals surface area contributed by atoms with Crippen LogP contribution < -0.4 is 4.90 Å². The topological polar surface area (TPSA) is 24.3 Å². The Bertz CT molecular complexity index is 782. The third-order valence-electron chi connectivity index (χ3n) is 4.66. The van der Waals surface area contributed by atoms with E-state index in [1.807, 2.05) is 6.20 Å². The first kappa shape index (κ1) is 14.3. The van der Waals surface area contributed by atoms with Crippen LogP contribution in [-0.4, -0.2) is 40.9 Å². The zero-order valence-corrected chi connectivity index (χ0v) is 13.5. The number of aryl methyl sites for hydroxylation is 1. The molecule has 0 bridgehead atoms. The molecule has 3 aromatic rings. The number of aromatic nitrogens is 2. The summed E-state index contributed by atoms with van der Waals surface area (Å²) in [5, 5.41) is 5.75. The van der Waals surface area contributed by atoms with E-state index in [-0.39, 0.29) is 0 Å². The van der Waals surface area contributed by atoms with Crippen LogP contribution in [0.25, 0.3) is 10.9 Å². The third-order valence-corrected chi connectivity index (χ3v) is 4.66. The fraction of sp³-hybridized carbons (Fsp3) is 0.316. The van der Waals surface area contributed by atoms with Crippen LogP contribution in [0.15, 0.2) is 54.7 Å². The Kier molecular flexibility index (Phi) is 3.75. The summed E-state index contributed by atoms with van der Waals surface area (Å²) in [7, 11) is 0. The SMILES string of the molecule is Cc1ccc(N2CCN(Cn3ncc4ccccc43)CC2)cc1. The quantitative estimate of drug-likeness (QED) is 0.743. The molecular formula is C19H22N4. The highest BCUT2D eigenvalue weighted by molar-refractivity contribution is 5.78. The van der Waals surface area contributed by atoms with E-state index >= 15 is 0 Å². The lowest BCUT2D eigenvalue weighted by Gasteiger charge is -2.36. The molecule has 0 unspecified atom stereocenters. The minimum absolute atomic E-state index is 0.870. The first-order valence-electron chi connectivity index (χ1n) is 8.24. The van der Waals surface area contributed by atoms with Gasteiger partial charge in [0.2, 0.25) is 0 Å². The molecule has 4 nitrogen and oxygen atoms in total. The number of para-hydroxylation sites is 1. The number of fused-ring (bicyclic) bond motifs is 1. The molecule has 0 radical (unpaired) electrons. The van der Waals surface area contributed by atoms with Crippen LogP contribution >= 0.6 is 0 Å². The van der Waals surface area contributed by atoms with Gasteiger partial charge in [0, 0.05) is 37.3 Å². The number of rotatable bonds is 3. The standard InChI is InChI=1S/C19H22N4/c1-16-6-8-18(9-7-16)22-12-10-21(11-13-22)15-23-19-5-3-2-4-17(19)14-20-23/h2-9,14H,10-13,15H2,1H3. The monoisotopic (exact) mass is 306 g/mol. The fourth-order valence-corrected chi connectivity index (χ4v) is 3.23. The van der Waals surface area contributed by atoms with Gasteiger partial charge in [-0.3, -0.25) is 9.58 Å². The molecule has 0 amide bonds. The van der Waals surface area contributed by atoms with Crippen molar-refractivity contribution in [3.63, 3.8) is 0 Å².